The number of benzene rings is 1. The van der Waals surface area contributed by atoms with Gasteiger partial charge in [-0.2, -0.15) is 0 Å². The summed E-state index contributed by atoms with van der Waals surface area (Å²) in [5, 5.41) is 4.46. The first-order valence-electron chi connectivity index (χ1n) is 6.44. The average molecular weight is 295 g/mol. The highest BCUT2D eigenvalue weighted by atomic mass is 35.5. The zero-order valence-electron chi connectivity index (χ0n) is 11.1. The second kappa shape index (κ2) is 5.25. The van der Waals surface area contributed by atoms with E-state index in [4.69, 9.17) is 31.3 Å². The number of nitrogens with two attached hydrogens (primary N) is 1. The van der Waals surface area contributed by atoms with Crippen LogP contribution in [-0.4, -0.2) is 18.4 Å². The van der Waals surface area contributed by atoms with E-state index in [1.54, 1.807) is 25.3 Å². The highest BCUT2D eigenvalue weighted by Gasteiger charge is 2.24. The van der Waals surface area contributed by atoms with Crippen LogP contribution in [0.5, 0.6) is 11.5 Å². The Balaban J connectivity index is 2.07. The van der Waals surface area contributed by atoms with E-state index in [1.807, 2.05) is 0 Å². The van der Waals surface area contributed by atoms with Gasteiger partial charge >= 0.3 is 0 Å². The molecule has 1 aromatic carbocycles. The Hall–Kier alpha value is -1.88. The van der Waals surface area contributed by atoms with Crippen LogP contribution in [0.2, 0.25) is 5.02 Å². The van der Waals surface area contributed by atoms with Crippen LogP contribution in [0.3, 0.4) is 0 Å². The van der Waals surface area contributed by atoms with E-state index < -0.39 is 0 Å². The zero-order chi connectivity index (χ0) is 14.1. The second-order valence-electron chi connectivity index (χ2n) is 4.77. The van der Waals surface area contributed by atoms with E-state index in [-0.39, 0.29) is 12.0 Å². The predicted molar refractivity (Wildman–Crippen MR) is 76.2 cm³/mol. The molecule has 106 valence electrons. The molecule has 1 aliphatic carbocycles. The Morgan fingerprint density at radius 1 is 1.35 bits per heavy atom. The molecule has 1 aliphatic rings. The van der Waals surface area contributed by atoms with Crippen molar-refractivity contribution in [3.63, 3.8) is 0 Å². The topological polar surface area (TPSA) is 70.5 Å². The van der Waals surface area contributed by atoms with Gasteiger partial charge in [-0.05, 0) is 25.3 Å². The highest BCUT2D eigenvalue weighted by Crippen LogP contribution is 2.42. The lowest BCUT2D eigenvalue weighted by atomic mass is 9.96. The molecule has 0 aliphatic heterocycles. The van der Waals surface area contributed by atoms with Gasteiger partial charge < -0.3 is 19.7 Å². The minimum absolute atomic E-state index is 0.216. The van der Waals surface area contributed by atoms with Gasteiger partial charge in [0.25, 0.3) is 0 Å². The number of hydrogen-bond donors (Lipinski definition) is 1. The SMILES string of the molecule is COc1cc(Cl)cc(-c2cc(N)on2)c1OC1CCC1. The van der Waals surface area contributed by atoms with Crippen molar-refractivity contribution < 1.29 is 14.0 Å². The van der Waals surface area contributed by atoms with Gasteiger partial charge in [-0.1, -0.05) is 16.8 Å². The first-order chi connectivity index (χ1) is 9.67. The zero-order valence-corrected chi connectivity index (χ0v) is 11.8. The van der Waals surface area contributed by atoms with Crippen molar-refractivity contribution in [1.29, 1.82) is 0 Å². The molecule has 5 nitrogen and oxygen atoms in total. The van der Waals surface area contributed by atoms with E-state index in [2.05, 4.69) is 5.16 Å². The molecule has 0 radical (unpaired) electrons. The molecule has 0 amide bonds. The quantitative estimate of drug-likeness (QED) is 0.934. The Kier molecular flexibility index (Phi) is 3.44. The van der Waals surface area contributed by atoms with E-state index in [1.165, 1.54) is 6.42 Å². The van der Waals surface area contributed by atoms with Crippen LogP contribution in [0.25, 0.3) is 11.3 Å². The van der Waals surface area contributed by atoms with Gasteiger partial charge in [0.05, 0.1) is 18.8 Å². The number of anilines is 1. The van der Waals surface area contributed by atoms with Crippen molar-refractivity contribution in [2.24, 2.45) is 0 Å². The summed E-state index contributed by atoms with van der Waals surface area (Å²) in [7, 11) is 1.58. The fraction of sp³-hybridized carbons (Fsp3) is 0.357. The predicted octanol–water partition coefficient (Wildman–Crippen LogP) is 3.52. The van der Waals surface area contributed by atoms with Gasteiger partial charge in [-0.3, -0.25) is 0 Å². The largest absolute Gasteiger partial charge is 0.493 e. The Morgan fingerprint density at radius 2 is 2.15 bits per heavy atom. The number of halogens is 1. The van der Waals surface area contributed by atoms with Crippen LogP contribution in [-0.2, 0) is 0 Å². The molecule has 2 N–H and O–H groups in total. The molecule has 1 fully saturated rings. The molecule has 0 saturated heterocycles. The van der Waals surface area contributed by atoms with E-state index in [9.17, 15) is 0 Å². The molecule has 0 bridgehead atoms. The third-order valence-corrected chi connectivity index (χ3v) is 3.60. The lowest BCUT2D eigenvalue weighted by Crippen LogP contribution is -2.25. The third kappa shape index (κ3) is 2.41. The number of nitrogen functional groups attached to an aromatic ring is 1. The number of methoxy groups -OCH3 is 1. The standard InChI is InChI=1S/C14H15ClN2O3/c1-18-12-6-8(15)5-10(11-7-13(16)20-17-11)14(12)19-9-3-2-4-9/h5-7,9H,2-4,16H2,1H3. The first-order valence-corrected chi connectivity index (χ1v) is 6.82. The Morgan fingerprint density at radius 3 is 2.70 bits per heavy atom. The van der Waals surface area contributed by atoms with Crippen LogP contribution < -0.4 is 15.2 Å². The van der Waals surface area contributed by atoms with Crippen LogP contribution in [0, 0.1) is 0 Å². The fourth-order valence-corrected chi connectivity index (χ4v) is 2.31. The summed E-state index contributed by atoms with van der Waals surface area (Å²) in [5.74, 6) is 1.46. The maximum absolute atomic E-state index is 6.12. The summed E-state index contributed by atoms with van der Waals surface area (Å²) < 4.78 is 16.3. The van der Waals surface area contributed by atoms with Crippen LogP contribution in [0.4, 0.5) is 5.88 Å². The highest BCUT2D eigenvalue weighted by molar-refractivity contribution is 6.31. The molecule has 3 rings (SSSR count). The normalized spacial score (nSPS) is 14.9. The molecule has 0 spiro atoms. The molecule has 1 heterocycles. The van der Waals surface area contributed by atoms with Crippen molar-refractivity contribution >= 4 is 17.5 Å². The van der Waals surface area contributed by atoms with Gasteiger partial charge in [-0.25, -0.2) is 0 Å². The molecular weight excluding hydrogens is 280 g/mol. The maximum Gasteiger partial charge on any atom is 0.222 e. The second-order valence-corrected chi connectivity index (χ2v) is 5.21. The smallest absolute Gasteiger partial charge is 0.222 e. The number of ether oxygens (including phenoxy) is 2. The molecule has 0 atom stereocenters. The minimum atomic E-state index is 0.216. The Bertz CT molecular complexity index is 623. The molecular formula is C14H15ClN2O3. The summed E-state index contributed by atoms with van der Waals surface area (Å²) in [6.07, 6.45) is 3.50. The number of rotatable bonds is 4. The molecule has 1 aromatic heterocycles. The van der Waals surface area contributed by atoms with Crippen LogP contribution >= 0.6 is 11.6 Å². The molecule has 1 saturated carbocycles. The summed E-state index contributed by atoms with van der Waals surface area (Å²) in [6, 6.07) is 5.14. The number of aromatic nitrogens is 1. The van der Waals surface area contributed by atoms with E-state index in [0.717, 1.165) is 18.4 Å². The van der Waals surface area contributed by atoms with Crippen LogP contribution in [0.1, 0.15) is 19.3 Å². The maximum atomic E-state index is 6.12. The van der Waals surface area contributed by atoms with Gasteiger partial charge in [0.2, 0.25) is 5.88 Å². The molecule has 2 aromatic rings. The monoisotopic (exact) mass is 294 g/mol. The Labute approximate surface area is 121 Å². The van der Waals surface area contributed by atoms with Gasteiger partial charge in [0, 0.05) is 17.2 Å². The van der Waals surface area contributed by atoms with Crippen molar-refractivity contribution in [2.45, 2.75) is 25.4 Å². The van der Waals surface area contributed by atoms with Crippen molar-refractivity contribution in [3.05, 3.63) is 23.2 Å². The lowest BCUT2D eigenvalue weighted by Gasteiger charge is -2.28. The summed E-state index contributed by atoms with van der Waals surface area (Å²) >= 11 is 6.12. The van der Waals surface area contributed by atoms with Crippen molar-refractivity contribution in [2.75, 3.05) is 12.8 Å². The van der Waals surface area contributed by atoms with Gasteiger partial charge in [0.15, 0.2) is 11.5 Å². The van der Waals surface area contributed by atoms with E-state index >= 15 is 0 Å². The van der Waals surface area contributed by atoms with Crippen LogP contribution in [0.15, 0.2) is 22.7 Å². The fourth-order valence-electron chi connectivity index (χ4n) is 2.10. The number of hydrogen-bond acceptors (Lipinski definition) is 5. The molecule has 0 unspecified atom stereocenters. The first kappa shape index (κ1) is 13.1. The van der Waals surface area contributed by atoms with Crippen molar-refractivity contribution in [1.82, 2.24) is 5.16 Å². The molecule has 6 heteroatoms. The summed E-state index contributed by atoms with van der Waals surface area (Å²) in [6.45, 7) is 0. The van der Waals surface area contributed by atoms with Gasteiger partial charge in [0.1, 0.15) is 5.69 Å². The summed E-state index contributed by atoms with van der Waals surface area (Å²) in [5.41, 5.74) is 6.88. The van der Waals surface area contributed by atoms with Gasteiger partial charge in [-0.15, -0.1) is 0 Å². The van der Waals surface area contributed by atoms with Crippen molar-refractivity contribution in [3.8, 4) is 22.8 Å². The third-order valence-electron chi connectivity index (χ3n) is 3.38. The average Bonchev–Trinajstić information content (AvgIpc) is 2.80. The van der Waals surface area contributed by atoms with E-state index in [0.29, 0.717) is 22.2 Å². The minimum Gasteiger partial charge on any atom is -0.493 e. The molecule has 20 heavy (non-hydrogen) atoms. The number of nitrogens with zero attached hydrogens (tertiary/aromatic N) is 1. The summed E-state index contributed by atoms with van der Waals surface area (Å²) in [4.78, 5) is 0. The lowest BCUT2D eigenvalue weighted by molar-refractivity contribution is 0.116.